The predicted octanol–water partition coefficient (Wildman–Crippen LogP) is 0.843. The second kappa shape index (κ2) is 4.81. The Labute approximate surface area is 109 Å². The summed E-state index contributed by atoms with van der Waals surface area (Å²) < 4.78 is 4.63. The van der Waals surface area contributed by atoms with Crippen LogP contribution >= 0.6 is 11.6 Å². The molecule has 0 saturated carbocycles. The number of carbonyl (C=O) groups excluding carboxylic acids is 2. The first-order valence-corrected chi connectivity index (χ1v) is 5.70. The van der Waals surface area contributed by atoms with Crippen LogP contribution in [0.1, 0.15) is 6.42 Å². The summed E-state index contributed by atoms with van der Waals surface area (Å²) in [5.41, 5.74) is 6.07. The topological polar surface area (TPSA) is 85.5 Å². The van der Waals surface area contributed by atoms with Crippen molar-refractivity contribution < 1.29 is 14.3 Å². The van der Waals surface area contributed by atoms with Gasteiger partial charge in [0.25, 0.3) is 0 Å². The number of aromatic nitrogens is 1. The van der Waals surface area contributed by atoms with Gasteiger partial charge in [0.2, 0.25) is 5.91 Å². The highest BCUT2D eigenvalue weighted by atomic mass is 35.5. The summed E-state index contributed by atoms with van der Waals surface area (Å²) in [6.07, 6.45) is 1.52. The molecule has 0 spiro atoms. The number of hydrogen-bond donors (Lipinski definition) is 1. The Balaban J connectivity index is 2.24. The third kappa shape index (κ3) is 2.24. The molecule has 1 aromatic heterocycles. The second-order valence-corrected chi connectivity index (χ2v) is 4.43. The van der Waals surface area contributed by atoms with Gasteiger partial charge in [0, 0.05) is 19.2 Å². The molecule has 1 atom stereocenters. The molecule has 0 radical (unpaired) electrons. The molecule has 2 rings (SSSR count). The van der Waals surface area contributed by atoms with Crippen molar-refractivity contribution >= 4 is 35.0 Å². The quantitative estimate of drug-likeness (QED) is 0.804. The number of rotatable bonds is 2. The molecule has 1 aliphatic heterocycles. The molecule has 7 heteroatoms. The third-order valence-electron chi connectivity index (χ3n) is 2.78. The molecular formula is C11H12ClN3O3. The zero-order chi connectivity index (χ0) is 13.3. The van der Waals surface area contributed by atoms with Crippen LogP contribution in [-0.4, -0.2) is 30.5 Å². The summed E-state index contributed by atoms with van der Waals surface area (Å²) in [5, 5.41) is 0.396. The molecular weight excluding hydrogens is 258 g/mol. The molecule has 1 saturated heterocycles. The van der Waals surface area contributed by atoms with Gasteiger partial charge in [0.1, 0.15) is 0 Å². The minimum Gasteiger partial charge on any atom is -0.469 e. The first-order valence-electron chi connectivity index (χ1n) is 5.32. The fraction of sp³-hybridized carbons (Fsp3) is 0.364. The molecule has 1 amide bonds. The lowest BCUT2D eigenvalue weighted by molar-refractivity contribution is -0.145. The SMILES string of the molecule is COC(=O)C1CC(=O)N(c2ncc(Cl)cc2N)C1. The van der Waals surface area contributed by atoms with Gasteiger partial charge in [-0.3, -0.25) is 14.5 Å². The molecule has 2 N–H and O–H groups in total. The van der Waals surface area contributed by atoms with E-state index in [2.05, 4.69) is 9.72 Å². The van der Waals surface area contributed by atoms with E-state index in [0.717, 1.165) is 0 Å². The highest BCUT2D eigenvalue weighted by Gasteiger charge is 2.37. The summed E-state index contributed by atoms with van der Waals surface area (Å²) in [7, 11) is 1.30. The first-order chi connectivity index (χ1) is 8.52. The lowest BCUT2D eigenvalue weighted by Crippen LogP contribution is -2.27. The van der Waals surface area contributed by atoms with Gasteiger partial charge in [-0.25, -0.2) is 4.98 Å². The van der Waals surface area contributed by atoms with Crippen molar-refractivity contribution in [3.63, 3.8) is 0 Å². The Kier molecular flexibility index (Phi) is 3.38. The van der Waals surface area contributed by atoms with E-state index in [4.69, 9.17) is 17.3 Å². The molecule has 6 nitrogen and oxygen atoms in total. The number of esters is 1. The van der Waals surface area contributed by atoms with Crippen molar-refractivity contribution in [3.8, 4) is 0 Å². The van der Waals surface area contributed by atoms with Crippen LogP contribution in [0.2, 0.25) is 5.02 Å². The number of halogens is 1. The summed E-state index contributed by atoms with van der Waals surface area (Å²) in [4.78, 5) is 28.6. The highest BCUT2D eigenvalue weighted by Crippen LogP contribution is 2.29. The van der Waals surface area contributed by atoms with Crippen LogP contribution in [0.3, 0.4) is 0 Å². The van der Waals surface area contributed by atoms with Gasteiger partial charge in [-0.2, -0.15) is 0 Å². The van der Waals surface area contributed by atoms with E-state index < -0.39 is 11.9 Å². The number of nitrogens with two attached hydrogens (primary N) is 1. The summed E-state index contributed by atoms with van der Waals surface area (Å²) in [6, 6.07) is 1.52. The summed E-state index contributed by atoms with van der Waals surface area (Å²) >= 11 is 5.74. The minimum absolute atomic E-state index is 0.108. The van der Waals surface area contributed by atoms with Crippen LogP contribution in [0.4, 0.5) is 11.5 Å². The smallest absolute Gasteiger partial charge is 0.311 e. The monoisotopic (exact) mass is 269 g/mol. The Morgan fingerprint density at radius 1 is 1.67 bits per heavy atom. The normalized spacial score (nSPS) is 19.1. The number of carbonyl (C=O) groups is 2. The molecule has 1 fully saturated rings. The Morgan fingerprint density at radius 3 is 3.00 bits per heavy atom. The van der Waals surface area contributed by atoms with E-state index in [1.165, 1.54) is 24.3 Å². The lowest BCUT2D eigenvalue weighted by Gasteiger charge is -2.17. The van der Waals surface area contributed by atoms with Crippen molar-refractivity contribution in [1.82, 2.24) is 4.98 Å². The number of pyridine rings is 1. The van der Waals surface area contributed by atoms with Gasteiger partial charge in [-0.05, 0) is 6.07 Å². The van der Waals surface area contributed by atoms with Crippen molar-refractivity contribution in [2.45, 2.75) is 6.42 Å². The standard InChI is InChI=1S/C11H12ClN3O3/c1-18-11(17)6-2-9(16)15(5-6)10-8(13)3-7(12)4-14-10/h3-4,6H,2,5,13H2,1H3. The van der Waals surface area contributed by atoms with Crippen LogP contribution in [0.25, 0.3) is 0 Å². The van der Waals surface area contributed by atoms with Crippen LogP contribution in [-0.2, 0) is 14.3 Å². The van der Waals surface area contributed by atoms with E-state index >= 15 is 0 Å². The van der Waals surface area contributed by atoms with Crippen LogP contribution in [0.5, 0.6) is 0 Å². The number of methoxy groups -OCH3 is 1. The van der Waals surface area contributed by atoms with Crippen molar-refractivity contribution in [2.24, 2.45) is 5.92 Å². The van der Waals surface area contributed by atoms with Crippen molar-refractivity contribution in [1.29, 1.82) is 0 Å². The molecule has 0 aliphatic carbocycles. The summed E-state index contributed by atoms with van der Waals surface area (Å²) in [6.45, 7) is 0.227. The number of hydrogen-bond acceptors (Lipinski definition) is 5. The molecule has 1 aromatic rings. The van der Waals surface area contributed by atoms with Crippen molar-refractivity contribution in [2.75, 3.05) is 24.3 Å². The molecule has 0 bridgehead atoms. The molecule has 0 aromatic carbocycles. The zero-order valence-corrected chi connectivity index (χ0v) is 10.5. The maximum Gasteiger partial charge on any atom is 0.311 e. The van der Waals surface area contributed by atoms with Gasteiger partial charge >= 0.3 is 5.97 Å². The Bertz CT molecular complexity index is 506. The number of nitrogen functional groups attached to an aromatic ring is 1. The zero-order valence-electron chi connectivity index (χ0n) is 9.72. The number of ether oxygens (including phenoxy) is 1. The van der Waals surface area contributed by atoms with E-state index in [1.54, 1.807) is 0 Å². The Hall–Kier alpha value is -1.82. The first kappa shape index (κ1) is 12.6. The van der Waals surface area contributed by atoms with Crippen LogP contribution < -0.4 is 10.6 Å². The molecule has 1 aliphatic rings. The molecule has 2 heterocycles. The maximum absolute atomic E-state index is 11.8. The predicted molar refractivity (Wildman–Crippen MR) is 66.1 cm³/mol. The maximum atomic E-state index is 11.8. The number of anilines is 2. The Morgan fingerprint density at radius 2 is 2.39 bits per heavy atom. The fourth-order valence-electron chi connectivity index (χ4n) is 1.91. The lowest BCUT2D eigenvalue weighted by atomic mass is 10.1. The van der Waals surface area contributed by atoms with Gasteiger partial charge in [0.05, 0.1) is 23.7 Å². The molecule has 96 valence electrons. The van der Waals surface area contributed by atoms with Crippen molar-refractivity contribution in [3.05, 3.63) is 17.3 Å². The number of nitrogens with zero attached hydrogens (tertiary/aromatic N) is 2. The number of amides is 1. The van der Waals surface area contributed by atoms with E-state index in [9.17, 15) is 9.59 Å². The van der Waals surface area contributed by atoms with Crippen LogP contribution in [0.15, 0.2) is 12.3 Å². The average Bonchev–Trinajstić information content (AvgIpc) is 2.70. The van der Waals surface area contributed by atoms with Gasteiger partial charge < -0.3 is 10.5 Å². The van der Waals surface area contributed by atoms with Crippen LogP contribution in [0, 0.1) is 5.92 Å². The van der Waals surface area contributed by atoms with Gasteiger partial charge in [0.15, 0.2) is 5.82 Å². The third-order valence-corrected chi connectivity index (χ3v) is 2.98. The van der Waals surface area contributed by atoms with Gasteiger partial charge in [-0.1, -0.05) is 11.6 Å². The molecule has 18 heavy (non-hydrogen) atoms. The fourth-order valence-corrected chi connectivity index (χ4v) is 2.08. The van der Waals surface area contributed by atoms with E-state index in [0.29, 0.717) is 16.5 Å². The average molecular weight is 270 g/mol. The molecule has 1 unspecified atom stereocenters. The van der Waals surface area contributed by atoms with E-state index in [-0.39, 0.29) is 18.9 Å². The van der Waals surface area contributed by atoms with Gasteiger partial charge in [-0.15, -0.1) is 0 Å². The largest absolute Gasteiger partial charge is 0.469 e. The van der Waals surface area contributed by atoms with E-state index in [1.807, 2.05) is 0 Å². The second-order valence-electron chi connectivity index (χ2n) is 3.99. The minimum atomic E-state index is -0.473. The highest BCUT2D eigenvalue weighted by molar-refractivity contribution is 6.30. The summed E-state index contributed by atoms with van der Waals surface area (Å²) in [5.74, 6) is -0.750.